The van der Waals surface area contributed by atoms with Crippen molar-refractivity contribution < 1.29 is 80.2 Å². The van der Waals surface area contributed by atoms with Gasteiger partial charge in [-0.25, -0.2) is 9.13 Å². The lowest BCUT2D eigenvalue weighted by atomic mass is 10.1. The summed E-state index contributed by atoms with van der Waals surface area (Å²) in [7, 11) is -10.00. The molecule has 17 nitrogen and oxygen atoms in total. The Bertz CT molecular complexity index is 2630. The highest BCUT2D eigenvalue weighted by atomic mass is 31.2. The second kappa shape index (κ2) is 77.8. The van der Waals surface area contributed by atoms with Crippen LogP contribution in [0.25, 0.3) is 0 Å². The maximum atomic E-state index is 13.1. The van der Waals surface area contributed by atoms with E-state index in [1.807, 2.05) is 12.2 Å². The van der Waals surface area contributed by atoms with Gasteiger partial charge in [-0.05, 0) is 161 Å². The van der Waals surface area contributed by atoms with Crippen LogP contribution in [0.5, 0.6) is 0 Å². The van der Waals surface area contributed by atoms with Gasteiger partial charge in [0, 0.05) is 25.7 Å². The summed E-state index contributed by atoms with van der Waals surface area (Å²) in [5, 5.41) is 10.7. The van der Waals surface area contributed by atoms with Gasteiger partial charge < -0.3 is 33.8 Å². The van der Waals surface area contributed by atoms with E-state index in [1.165, 1.54) is 38.5 Å². The van der Waals surface area contributed by atoms with Crippen molar-refractivity contribution in [2.24, 2.45) is 0 Å². The molecule has 3 N–H and O–H groups in total. The maximum absolute atomic E-state index is 13.1. The molecule has 0 radical (unpaired) electrons. The van der Waals surface area contributed by atoms with Crippen molar-refractivity contribution in [1.29, 1.82) is 0 Å². The Morgan fingerprint density at radius 1 is 0.274 bits per heavy atom. The summed E-state index contributed by atoms with van der Waals surface area (Å²) in [5.74, 6) is -2.29. The number of esters is 4. The molecule has 106 heavy (non-hydrogen) atoms. The molecule has 5 atom stereocenters. The summed E-state index contributed by atoms with van der Waals surface area (Å²) >= 11 is 0. The van der Waals surface area contributed by atoms with Crippen LogP contribution in [-0.2, 0) is 65.4 Å². The number of phosphoric acid groups is 2. The summed E-state index contributed by atoms with van der Waals surface area (Å²) in [6.07, 6.45) is 90.8. The van der Waals surface area contributed by atoms with Gasteiger partial charge in [-0.1, -0.05) is 282 Å². The lowest BCUT2D eigenvalue weighted by molar-refractivity contribution is -0.161. The van der Waals surface area contributed by atoms with Crippen LogP contribution in [-0.4, -0.2) is 96.7 Å². The van der Waals surface area contributed by atoms with E-state index in [2.05, 4.69) is 174 Å². The van der Waals surface area contributed by atoms with Crippen molar-refractivity contribution in [2.45, 2.75) is 329 Å². The van der Waals surface area contributed by atoms with Crippen LogP contribution in [0.2, 0.25) is 0 Å². The summed E-state index contributed by atoms with van der Waals surface area (Å²) in [6.45, 7) is 4.43. The van der Waals surface area contributed by atoms with E-state index in [0.717, 1.165) is 186 Å². The van der Waals surface area contributed by atoms with Gasteiger partial charge in [0.15, 0.2) is 12.2 Å². The van der Waals surface area contributed by atoms with E-state index >= 15 is 0 Å². The first-order chi connectivity index (χ1) is 51.7. The van der Waals surface area contributed by atoms with Crippen molar-refractivity contribution in [2.75, 3.05) is 39.6 Å². The predicted molar refractivity (Wildman–Crippen MR) is 436 cm³/mol. The molecule has 0 fully saturated rings. The summed E-state index contributed by atoms with van der Waals surface area (Å²) < 4.78 is 68.6. The Morgan fingerprint density at radius 3 is 0.802 bits per heavy atom. The Kier molecular flexibility index (Phi) is 73.9. The third-order valence-electron chi connectivity index (χ3n) is 16.5. The number of carbonyl (C=O) groups is 4. The second-order valence-corrected chi connectivity index (χ2v) is 29.5. The van der Waals surface area contributed by atoms with Crippen LogP contribution >= 0.6 is 15.6 Å². The first kappa shape index (κ1) is 101. The number of allylic oxidation sites excluding steroid dienone is 26. The molecule has 0 bridgehead atoms. The molecule has 0 heterocycles. The topological polar surface area (TPSA) is 237 Å². The van der Waals surface area contributed by atoms with Crippen molar-refractivity contribution in [1.82, 2.24) is 0 Å². The van der Waals surface area contributed by atoms with Gasteiger partial charge in [-0.3, -0.25) is 37.3 Å². The minimum absolute atomic E-state index is 0.0683. The molecule has 0 aliphatic heterocycles. The molecule has 19 heteroatoms. The van der Waals surface area contributed by atoms with Crippen LogP contribution in [0.3, 0.4) is 0 Å². The minimum atomic E-state index is -5.00. The fourth-order valence-electron chi connectivity index (χ4n) is 10.4. The molecule has 0 saturated heterocycles. The number of carbonyl (C=O) groups excluding carboxylic acids is 4. The number of unbranched alkanes of at least 4 members (excludes halogenated alkanes) is 23. The van der Waals surface area contributed by atoms with Crippen LogP contribution < -0.4 is 0 Å². The largest absolute Gasteiger partial charge is 0.472 e. The summed E-state index contributed by atoms with van der Waals surface area (Å²) in [5.41, 5.74) is 0. The molecule has 0 spiro atoms. The molecule has 0 rings (SSSR count). The fourth-order valence-corrected chi connectivity index (χ4v) is 12.0. The Hall–Kier alpha value is -5.32. The SMILES string of the molecule is CC/C=C\C/C=C\C/C=C\C/C=C\C/C=C\CCCC(=O)OCC(COP(=O)(O)OCC(O)COP(=O)(O)OCC(COC(=O)CCCCCC/C=C\C/C=C\C/C=C\C/C=C\CC)OC(=O)CCCCCCCCC/C=C\C/C=C\C/C=C\CC)OC(=O)CCCCCCC/C=C\CCCCCCCC. The smallest absolute Gasteiger partial charge is 0.462 e. The minimum Gasteiger partial charge on any atom is -0.462 e. The van der Waals surface area contributed by atoms with E-state index in [1.54, 1.807) is 0 Å². The van der Waals surface area contributed by atoms with Crippen molar-refractivity contribution >= 4 is 39.5 Å². The molecule has 0 aromatic carbocycles. The number of ether oxygens (including phenoxy) is 4. The monoisotopic (exact) mass is 1520 g/mol. The molecule has 604 valence electrons. The van der Waals surface area contributed by atoms with Crippen molar-refractivity contribution in [3.63, 3.8) is 0 Å². The van der Waals surface area contributed by atoms with Gasteiger partial charge in [0.05, 0.1) is 26.4 Å². The van der Waals surface area contributed by atoms with Crippen LogP contribution in [0.1, 0.15) is 310 Å². The van der Waals surface area contributed by atoms with Crippen LogP contribution in [0.15, 0.2) is 158 Å². The lowest BCUT2D eigenvalue weighted by Crippen LogP contribution is -2.30. The van der Waals surface area contributed by atoms with Crippen LogP contribution in [0.4, 0.5) is 0 Å². The maximum Gasteiger partial charge on any atom is 0.472 e. The van der Waals surface area contributed by atoms with E-state index in [-0.39, 0.29) is 25.7 Å². The van der Waals surface area contributed by atoms with Crippen molar-refractivity contribution in [3.05, 3.63) is 158 Å². The van der Waals surface area contributed by atoms with Crippen LogP contribution in [0, 0.1) is 0 Å². The fraction of sp³-hybridized carbons (Fsp3) is 0.655. The molecule has 0 saturated carbocycles. The van der Waals surface area contributed by atoms with E-state index in [0.29, 0.717) is 32.1 Å². The molecular formula is C87H144O17P2. The Morgan fingerprint density at radius 2 is 0.500 bits per heavy atom. The molecule has 0 aliphatic rings. The Labute approximate surface area is 642 Å². The third-order valence-corrected chi connectivity index (χ3v) is 18.4. The van der Waals surface area contributed by atoms with Crippen molar-refractivity contribution in [3.8, 4) is 0 Å². The average Bonchev–Trinajstić information content (AvgIpc) is 0.901. The normalized spacial score (nSPS) is 14.7. The number of aliphatic hydroxyl groups excluding tert-OH is 1. The average molecular weight is 1520 g/mol. The zero-order valence-corrected chi connectivity index (χ0v) is 67.8. The highest BCUT2D eigenvalue weighted by Gasteiger charge is 2.30. The number of phosphoric ester groups is 2. The number of aliphatic hydroxyl groups is 1. The molecular weight excluding hydrogens is 1380 g/mol. The van der Waals surface area contributed by atoms with Gasteiger partial charge in [-0.15, -0.1) is 0 Å². The van der Waals surface area contributed by atoms with Gasteiger partial charge in [0.1, 0.15) is 19.3 Å². The van der Waals surface area contributed by atoms with Gasteiger partial charge in [0.2, 0.25) is 0 Å². The molecule has 0 aliphatic carbocycles. The zero-order valence-electron chi connectivity index (χ0n) is 66.1. The highest BCUT2D eigenvalue weighted by molar-refractivity contribution is 7.47. The van der Waals surface area contributed by atoms with E-state index < -0.39 is 97.5 Å². The lowest BCUT2D eigenvalue weighted by Gasteiger charge is -2.21. The molecule has 0 aromatic rings. The number of rotatable bonds is 75. The number of hydrogen-bond acceptors (Lipinski definition) is 15. The predicted octanol–water partition coefficient (Wildman–Crippen LogP) is 24.0. The van der Waals surface area contributed by atoms with Gasteiger partial charge in [-0.2, -0.15) is 0 Å². The van der Waals surface area contributed by atoms with Gasteiger partial charge >= 0.3 is 39.5 Å². The first-order valence-electron chi connectivity index (χ1n) is 40.7. The zero-order chi connectivity index (χ0) is 77.4. The molecule has 5 unspecified atom stereocenters. The van der Waals surface area contributed by atoms with Gasteiger partial charge in [0.25, 0.3) is 0 Å². The summed E-state index contributed by atoms with van der Waals surface area (Å²) in [6, 6.07) is 0. The highest BCUT2D eigenvalue weighted by Crippen LogP contribution is 2.45. The molecule has 0 aromatic heterocycles. The standard InChI is InChI=1S/C87H144O17P2/c1-5-9-13-17-21-25-29-33-37-40-44-47-51-55-59-63-67-71-84(89)97-77-82(103-86(91)73-69-65-61-57-53-49-43-36-32-28-24-20-16-12-8-4)79-101-105(93,94)99-75-81(88)76-100-106(95,96)102-80-83(104-87(92)74-70-66-62-58-54-50-46-42-39-35-31-27-23-19-15-11-7-3)78-98-85(90)72-68-64-60-56-52-48-45-41-38-34-30-26-22-18-14-10-6-2/h9-11,13-15,21-23,25-27,33-39,43-45,47-48,55,59,81-83,88H,5-8,12,16-20,24,28-32,40-42,46,49-54,56-58,60-80H2,1-4H3,(H,93,94)(H,95,96)/b13-9-,14-10-,15-11-,25-21-,26-22-,27-23-,37-33-,38-34-,39-35-,43-36-,47-44-,48-45-,59-55-. The van der Waals surface area contributed by atoms with E-state index in [9.17, 15) is 43.2 Å². The quantitative estimate of drug-likeness (QED) is 0.0169. The van der Waals surface area contributed by atoms with E-state index in [4.69, 9.17) is 37.0 Å². The second-order valence-electron chi connectivity index (χ2n) is 26.6. The first-order valence-corrected chi connectivity index (χ1v) is 43.7. The third kappa shape index (κ3) is 76.9. The Balaban J connectivity index is 5.46. The number of hydrogen-bond donors (Lipinski definition) is 3. The summed E-state index contributed by atoms with van der Waals surface area (Å²) in [4.78, 5) is 73.1. The molecule has 0 amide bonds.